The van der Waals surface area contributed by atoms with Gasteiger partial charge in [-0.05, 0) is 41.3 Å². The van der Waals surface area contributed by atoms with Crippen molar-refractivity contribution in [2.24, 2.45) is 0 Å². The minimum atomic E-state index is -0.0186. The zero-order chi connectivity index (χ0) is 13.2. The highest BCUT2D eigenvalue weighted by Crippen LogP contribution is 2.35. The maximum Gasteiger partial charge on any atom is 0.261 e. The van der Waals surface area contributed by atoms with Gasteiger partial charge in [-0.3, -0.25) is 9.52 Å². The minimum absolute atomic E-state index is 0.0186. The molecule has 2 heterocycles. The van der Waals surface area contributed by atoms with E-state index < -0.39 is 0 Å². The van der Waals surface area contributed by atoms with E-state index in [0.717, 1.165) is 17.0 Å². The molecule has 19 heavy (non-hydrogen) atoms. The third kappa shape index (κ3) is 2.95. The van der Waals surface area contributed by atoms with Gasteiger partial charge < -0.3 is 5.32 Å². The molecule has 2 aromatic rings. The van der Waals surface area contributed by atoms with Crippen LogP contribution in [0.15, 0.2) is 34.5 Å². The van der Waals surface area contributed by atoms with Crippen LogP contribution in [0.4, 0.5) is 0 Å². The van der Waals surface area contributed by atoms with Gasteiger partial charge in [-0.1, -0.05) is 23.7 Å². The van der Waals surface area contributed by atoms with Gasteiger partial charge in [-0.25, -0.2) is 0 Å². The molecule has 0 spiro atoms. The fourth-order valence-electron chi connectivity index (χ4n) is 1.78. The van der Waals surface area contributed by atoms with Crippen molar-refractivity contribution < 1.29 is 4.79 Å². The van der Waals surface area contributed by atoms with E-state index in [0.29, 0.717) is 11.6 Å². The normalized spacial score (nSPS) is 13.3. The first-order chi connectivity index (χ1) is 9.22. The van der Waals surface area contributed by atoms with E-state index in [4.69, 9.17) is 11.6 Å². The molecule has 0 atom stereocenters. The summed E-state index contributed by atoms with van der Waals surface area (Å²) < 4.78 is 4.37. The number of carbonyl (C=O) groups excluding carboxylic acids is 1. The van der Waals surface area contributed by atoms with Crippen LogP contribution in [0.25, 0.3) is 0 Å². The van der Waals surface area contributed by atoms with Crippen molar-refractivity contribution in [2.75, 3.05) is 0 Å². The molecule has 1 aliphatic heterocycles. The van der Waals surface area contributed by atoms with Gasteiger partial charge in [0.25, 0.3) is 5.91 Å². The first-order valence-corrected chi connectivity index (χ1v) is 7.78. The number of fused-ring (bicyclic) bond motifs is 1. The monoisotopic (exact) mass is 310 g/mol. The summed E-state index contributed by atoms with van der Waals surface area (Å²) in [7, 11) is 0. The van der Waals surface area contributed by atoms with Crippen LogP contribution in [0.1, 0.15) is 20.8 Å². The fraction of sp³-hybridized carbons (Fsp3) is 0.154. The smallest absolute Gasteiger partial charge is 0.261 e. The molecular formula is C13H11ClN2OS2. The number of carbonyl (C=O) groups is 1. The summed E-state index contributed by atoms with van der Waals surface area (Å²) in [6.07, 6.45) is 0. The first kappa shape index (κ1) is 13.0. The number of benzene rings is 1. The second-order valence-corrected chi connectivity index (χ2v) is 6.80. The van der Waals surface area contributed by atoms with Gasteiger partial charge in [-0.2, -0.15) is 0 Å². The van der Waals surface area contributed by atoms with Gasteiger partial charge in [0.2, 0.25) is 0 Å². The van der Waals surface area contributed by atoms with Crippen LogP contribution in [0.5, 0.6) is 0 Å². The Bertz CT molecular complexity index is 588. The topological polar surface area (TPSA) is 41.1 Å². The number of halogens is 1. The van der Waals surface area contributed by atoms with E-state index in [2.05, 4.69) is 10.0 Å². The van der Waals surface area contributed by atoms with Gasteiger partial charge in [0.05, 0.1) is 9.09 Å². The van der Waals surface area contributed by atoms with E-state index >= 15 is 0 Å². The number of thiophene rings is 1. The highest BCUT2D eigenvalue weighted by Gasteiger charge is 2.18. The van der Waals surface area contributed by atoms with Crippen molar-refractivity contribution in [1.82, 2.24) is 10.0 Å². The van der Waals surface area contributed by atoms with Crippen molar-refractivity contribution in [2.45, 2.75) is 17.3 Å². The Hall–Kier alpha value is -1.01. The van der Waals surface area contributed by atoms with E-state index in [1.54, 1.807) is 11.9 Å². The van der Waals surface area contributed by atoms with Gasteiger partial charge in [0.15, 0.2) is 0 Å². The van der Waals surface area contributed by atoms with E-state index in [1.165, 1.54) is 21.1 Å². The average molecular weight is 311 g/mol. The summed E-state index contributed by atoms with van der Waals surface area (Å²) in [5.74, 6) is -0.0186. The molecule has 3 rings (SSSR count). The first-order valence-electron chi connectivity index (χ1n) is 5.77. The lowest BCUT2D eigenvalue weighted by Crippen LogP contribution is -2.21. The Morgan fingerprint density at radius 1 is 1.37 bits per heavy atom. The molecule has 0 bridgehead atoms. The lowest BCUT2D eigenvalue weighted by atomic mass is 10.2. The molecule has 1 aromatic carbocycles. The van der Waals surface area contributed by atoms with Crippen molar-refractivity contribution in [3.8, 4) is 0 Å². The van der Waals surface area contributed by atoms with Crippen LogP contribution < -0.4 is 10.0 Å². The number of hydrogen-bond donors (Lipinski definition) is 2. The molecule has 98 valence electrons. The molecule has 0 saturated heterocycles. The zero-order valence-corrected chi connectivity index (χ0v) is 12.3. The number of rotatable bonds is 3. The van der Waals surface area contributed by atoms with Crippen LogP contribution >= 0.6 is 34.9 Å². The van der Waals surface area contributed by atoms with Crippen LogP contribution in [-0.4, -0.2) is 5.91 Å². The van der Waals surface area contributed by atoms with Crippen LogP contribution in [0.3, 0.4) is 0 Å². The van der Waals surface area contributed by atoms with E-state index in [1.807, 2.05) is 30.3 Å². The second-order valence-electron chi connectivity index (χ2n) is 4.16. The molecule has 0 unspecified atom stereocenters. The summed E-state index contributed by atoms with van der Waals surface area (Å²) in [6, 6.07) is 9.44. The average Bonchev–Trinajstić information content (AvgIpc) is 2.98. The Morgan fingerprint density at radius 3 is 2.89 bits per heavy atom. The van der Waals surface area contributed by atoms with Crippen LogP contribution in [-0.2, 0) is 13.1 Å². The lowest BCUT2D eigenvalue weighted by molar-refractivity contribution is 0.0955. The van der Waals surface area contributed by atoms with Crippen LogP contribution in [0.2, 0.25) is 5.02 Å². The summed E-state index contributed by atoms with van der Waals surface area (Å²) >= 11 is 8.95. The molecule has 1 aliphatic rings. The number of nitrogens with one attached hydrogen (secondary N) is 2. The highest BCUT2D eigenvalue weighted by atomic mass is 35.5. The van der Waals surface area contributed by atoms with Crippen molar-refractivity contribution in [3.05, 3.63) is 51.4 Å². The molecule has 0 aliphatic carbocycles. The Balaban J connectivity index is 1.63. The molecule has 6 heteroatoms. The van der Waals surface area contributed by atoms with Gasteiger partial charge >= 0.3 is 0 Å². The predicted molar refractivity (Wildman–Crippen MR) is 79.6 cm³/mol. The molecule has 3 nitrogen and oxygen atoms in total. The SMILES string of the molecule is O=C(NCc1ccc(Cl)cc1)c1cc2c(s1)SNC2. The minimum Gasteiger partial charge on any atom is -0.347 e. The molecule has 1 aromatic heterocycles. The summed E-state index contributed by atoms with van der Waals surface area (Å²) in [5.41, 5.74) is 2.25. The second kappa shape index (κ2) is 5.54. The zero-order valence-electron chi connectivity index (χ0n) is 9.90. The van der Waals surface area contributed by atoms with Crippen molar-refractivity contribution >= 4 is 40.8 Å². The summed E-state index contributed by atoms with van der Waals surface area (Å²) in [4.78, 5) is 12.8. The molecule has 0 fully saturated rings. The summed E-state index contributed by atoms with van der Waals surface area (Å²) in [6.45, 7) is 1.35. The Morgan fingerprint density at radius 2 is 2.16 bits per heavy atom. The maximum absolute atomic E-state index is 12.0. The molecule has 0 saturated carbocycles. The predicted octanol–water partition coefficient (Wildman–Crippen LogP) is 3.44. The van der Waals surface area contributed by atoms with E-state index in [9.17, 15) is 4.79 Å². The van der Waals surface area contributed by atoms with Crippen molar-refractivity contribution in [1.29, 1.82) is 0 Å². The van der Waals surface area contributed by atoms with Gasteiger partial charge in [0.1, 0.15) is 0 Å². The largest absolute Gasteiger partial charge is 0.347 e. The van der Waals surface area contributed by atoms with E-state index in [-0.39, 0.29) is 5.91 Å². The highest BCUT2D eigenvalue weighted by molar-refractivity contribution is 7.99. The molecule has 2 N–H and O–H groups in total. The Labute approximate surface area is 124 Å². The fourth-order valence-corrected chi connectivity index (χ4v) is 3.97. The van der Waals surface area contributed by atoms with Gasteiger partial charge in [0, 0.05) is 18.1 Å². The van der Waals surface area contributed by atoms with Crippen molar-refractivity contribution in [3.63, 3.8) is 0 Å². The Kier molecular flexibility index (Phi) is 3.79. The molecule has 1 amide bonds. The standard InChI is InChI=1S/C13H11ClN2OS2/c14-10-3-1-8(2-4-10)6-15-12(17)11-5-9-7-16-19-13(9)18-11/h1-5,16H,6-7H2,(H,15,17). The quantitative estimate of drug-likeness (QED) is 0.853. The number of amides is 1. The third-order valence-electron chi connectivity index (χ3n) is 2.79. The summed E-state index contributed by atoms with van der Waals surface area (Å²) in [5, 5.41) is 3.63. The lowest BCUT2D eigenvalue weighted by Gasteiger charge is -2.04. The van der Waals surface area contributed by atoms with Crippen LogP contribution in [0, 0.1) is 0 Å². The van der Waals surface area contributed by atoms with Gasteiger partial charge in [-0.15, -0.1) is 11.3 Å². The maximum atomic E-state index is 12.0. The number of hydrogen-bond acceptors (Lipinski definition) is 4. The molecule has 0 radical (unpaired) electrons. The molecular weight excluding hydrogens is 300 g/mol. The third-order valence-corrected chi connectivity index (χ3v) is 5.25.